The maximum atomic E-state index is 10.7. The van der Waals surface area contributed by atoms with Crippen LogP contribution < -0.4 is 4.74 Å². The molecule has 0 amide bonds. The Morgan fingerprint density at radius 1 is 1.38 bits per heavy atom. The molecule has 0 saturated carbocycles. The van der Waals surface area contributed by atoms with E-state index in [1.807, 2.05) is 0 Å². The Balaban J connectivity index is 2.55. The SMILES string of the molecule is CC(C)(C)CCOc1cccc(C(=O)O)c1. The van der Waals surface area contributed by atoms with Gasteiger partial charge in [0.15, 0.2) is 0 Å². The van der Waals surface area contributed by atoms with Crippen LogP contribution in [0, 0.1) is 5.41 Å². The normalized spacial score (nSPS) is 11.2. The van der Waals surface area contributed by atoms with Gasteiger partial charge in [-0.05, 0) is 30.0 Å². The maximum absolute atomic E-state index is 10.7. The summed E-state index contributed by atoms with van der Waals surface area (Å²) < 4.78 is 5.51. The quantitative estimate of drug-likeness (QED) is 0.850. The molecule has 0 aliphatic carbocycles. The van der Waals surface area contributed by atoms with Gasteiger partial charge in [0.05, 0.1) is 12.2 Å². The number of carbonyl (C=O) groups is 1. The zero-order valence-corrected chi connectivity index (χ0v) is 9.99. The fraction of sp³-hybridized carbons (Fsp3) is 0.462. The van der Waals surface area contributed by atoms with E-state index in [4.69, 9.17) is 9.84 Å². The molecule has 0 heterocycles. The zero-order chi connectivity index (χ0) is 12.2. The summed E-state index contributed by atoms with van der Waals surface area (Å²) >= 11 is 0. The van der Waals surface area contributed by atoms with Gasteiger partial charge in [0, 0.05) is 0 Å². The van der Waals surface area contributed by atoms with Crippen molar-refractivity contribution in [2.75, 3.05) is 6.61 Å². The van der Waals surface area contributed by atoms with Crippen molar-refractivity contribution in [3.63, 3.8) is 0 Å². The second-order valence-electron chi connectivity index (χ2n) is 4.99. The first-order valence-corrected chi connectivity index (χ1v) is 5.35. The van der Waals surface area contributed by atoms with Crippen LogP contribution in [0.1, 0.15) is 37.6 Å². The lowest BCUT2D eigenvalue weighted by Gasteiger charge is -2.18. The molecule has 1 aromatic rings. The maximum Gasteiger partial charge on any atom is 0.335 e. The van der Waals surface area contributed by atoms with E-state index in [2.05, 4.69) is 20.8 Å². The predicted molar refractivity (Wildman–Crippen MR) is 63.0 cm³/mol. The summed E-state index contributed by atoms with van der Waals surface area (Å²) in [6.07, 6.45) is 0.935. The highest BCUT2D eigenvalue weighted by atomic mass is 16.5. The molecule has 3 heteroatoms. The van der Waals surface area contributed by atoms with Crippen LogP contribution in [-0.4, -0.2) is 17.7 Å². The third-order valence-corrected chi connectivity index (χ3v) is 2.20. The summed E-state index contributed by atoms with van der Waals surface area (Å²) in [5.74, 6) is -0.314. The summed E-state index contributed by atoms with van der Waals surface area (Å²) in [4.78, 5) is 10.7. The van der Waals surface area contributed by atoms with E-state index in [1.165, 1.54) is 0 Å². The first kappa shape index (κ1) is 12.6. The van der Waals surface area contributed by atoms with Crippen molar-refractivity contribution in [3.05, 3.63) is 29.8 Å². The highest BCUT2D eigenvalue weighted by molar-refractivity contribution is 5.87. The number of hydrogen-bond acceptors (Lipinski definition) is 2. The van der Waals surface area contributed by atoms with Gasteiger partial charge >= 0.3 is 5.97 Å². The second kappa shape index (κ2) is 5.01. The standard InChI is InChI=1S/C13H18O3/c1-13(2,3)7-8-16-11-6-4-5-10(9-11)12(14)15/h4-6,9H,7-8H2,1-3H3,(H,14,15). The van der Waals surface area contributed by atoms with E-state index < -0.39 is 5.97 Å². The van der Waals surface area contributed by atoms with Gasteiger partial charge in [-0.2, -0.15) is 0 Å². The van der Waals surface area contributed by atoms with Crippen LogP contribution >= 0.6 is 0 Å². The van der Waals surface area contributed by atoms with Crippen LogP contribution in [0.15, 0.2) is 24.3 Å². The number of carboxylic acid groups (broad SMARTS) is 1. The molecule has 0 unspecified atom stereocenters. The lowest BCUT2D eigenvalue weighted by atomic mass is 9.93. The van der Waals surface area contributed by atoms with Crippen LogP contribution in [0.3, 0.4) is 0 Å². The van der Waals surface area contributed by atoms with Gasteiger partial charge in [0.1, 0.15) is 5.75 Å². The summed E-state index contributed by atoms with van der Waals surface area (Å²) in [7, 11) is 0. The molecule has 0 saturated heterocycles. The monoisotopic (exact) mass is 222 g/mol. The van der Waals surface area contributed by atoms with E-state index >= 15 is 0 Å². The topological polar surface area (TPSA) is 46.5 Å². The lowest BCUT2D eigenvalue weighted by Crippen LogP contribution is -2.11. The van der Waals surface area contributed by atoms with E-state index in [1.54, 1.807) is 24.3 Å². The van der Waals surface area contributed by atoms with Gasteiger partial charge in [-0.25, -0.2) is 4.79 Å². The largest absolute Gasteiger partial charge is 0.494 e. The molecule has 1 aromatic carbocycles. The zero-order valence-electron chi connectivity index (χ0n) is 9.99. The molecule has 1 N–H and O–H groups in total. The number of rotatable bonds is 4. The van der Waals surface area contributed by atoms with Gasteiger partial charge in [-0.3, -0.25) is 0 Å². The Labute approximate surface area is 96.1 Å². The molecule has 0 aromatic heterocycles. The van der Waals surface area contributed by atoms with Crippen molar-refractivity contribution in [3.8, 4) is 5.75 Å². The number of carboxylic acids is 1. The predicted octanol–water partition coefficient (Wildman–Crippen LogP) is 3.20. The Bertz CT molecular complexity index is 364. The average Bonchev–Trinajstić information content (AvgIpc) is 2.16. The van der Waals surface area contributed by atoms with E-state index in [9.17, 15) is 4.79 Å². The molecule has 1 rings (SSSR count). The Hall–Kier alpha value is -1.51. The molecule has 0 spiro atoms. The summed E-state index contributed by atoms with van der Waals surface area (Å²) in [5, 5.41) is 8.81. The van der Waals surface area contributed by atoms with E-state index in [0.717, 1.165) is 6.42 Å². The Morgan fingerprint density at radius 3 is 2.62 bits per heavy atom. The van der Waals surface area contributed by atoms with Gasteiger partial charge in [0.25, 0.3) is 0 Å². The van der Waals surface area contributed by atoms with Crippen LogP contribution in [0.5, 0.6) is 5.75 Å². The molecule has 0 bridgehead atoms. The number of aromatic carboxylic acids is 1. The summed E-state index contributed by atoms with van der Waals surface area (Å²) in [5.41, 5.74) is 0.484. The third kappa shape index (κ3) is 4.34. The molecule has 3 nitrogen and oxygen atoms in total. The van der Waals surface area contributed by atoms with Gasteiger partial charge in [0.2, 0.25) is 0 Å². The van der Waals surface area contributed by atoms with E-state index in [-0.39, 0.29) is 11.0 Å². The molecule has 88 valence electrons. The minimum absolute atomic E-state index is 0.227. The third-order valence-electron chi connectivity index (χ3n) is 2.20. The molecule has 0 aliphatic rings. The summed E-state index contributed by atoms with van der Waals surface area (Å²) in [6.45, 7) is 7.03. The number of hydrogen-bond donors (Lipinski definition) is 1. The van der Waals surface area contributed by atoms with Crippen LogP contribution in [0.4, 0.5) is 0 Å². The van der Waals surface area contributed by atoms with Crippen LogP contribution in [-0.2, 0) is 0 Å². The lowest BCUT2D eigenvalue weighted by molar-refractivity contribution is 0.0696. The molecule has 0 radical (unpaired) electrons. The van der Waals surface area contributed by atoms with Crippen molar-refractivity contribution in [1.82, 2.24) is 0 Å². The fourth-order valence-corrected chi connectivity index (χ4v) is 1.19. The first-order valence-electron chi connectivity index (χ1n) is 5.35. The smallest absolute Gasteiger partial charge is 0.335 e. The molecule has 0 atom stereocenters. The highest BCUT2D eigenvalue weighted by Gasteiger charge is 2.10. The Kier molecular flexibility index (Phi) is 3.93. The van der Waals surface area contributed by atoms with Crippen molar-refractivity contribution >= 4 is 5.97 Å². The molecular weight excluding hydrogens is 204 g/mol. The van der Waals surface area contributed by atoms with Crippen molar-refractivity contribution < 1.29 is 14.6 Å². The van der Waals surface area contributed by atoms with Crippen molar-refractivity contribution in [2.24, 2.45) is 5.41 Å². The van der Waals surface area contributed by atoms with Crippen molar-refractivity contribution in [1.29, 1.82) is 0 Å². The van der Waals surface area contributed by atoms with Gasteiger partial charge in [-0.15, -0.1) is 0 Å². The summed E-state index contributed by atoms with van der Waals surface area (Å²) in [6, 6.07) is 6.56. The van der Waals surface area contributed by atoms with Crippen molar-refractivity contribution in [2.45, 2.75) is 27.2 Å². The molecule has 16 heavy (non-hydrogen) atoms. The van der Waals surface area contributed by atoms with Gasteiger partial charge < -0.3 is 9.84 Å². The number of benzene rings is 1. The van der Waals surface area contributed by atoms with Crippen LogP contribution in [0.2, 0.25) is 0 Å². The van der Waals surface area contributed by atoms with Gasteiger partial charge in [-0.1, -0.05) is 26.8 Å². The second-order valence-corrected chi connectivity index (χ2v) is 4.99. The molecule has 0 aliphatic heterocycles. The van der Waals surface area contributed by atoms with Crippen LogP contribution in [0.25, 0.3) is 0 Å². The Morgan fingerprint density at radius 2 is 2.06 bits per heavy atom. The van der Waals surface area contributed by atoms with E-state index in [0.29, 0.717) is 12.4 Å². The molecular formula is C13H18O3. The number of ether oxygens (including phenoxy) is 1. The highest BCUT2D eigenvalue weighted by Crippen LogP contribution is 2.20. The minimum atomic E-state index is -0.929. The molecule has 0 fully saturated rings. The fourth-order valence-electron chi connectivity index (χ4n) is 1.19. The average molecular weight is 222 g/mol. The first-order chi connectivity index (χ1) is 7.38. The minimum Gasteiger partial charge on any atom is -0.494 e.